The third-order valence-corrected chi connectivity index (χ3v) is 6.67. The second-order valence-corrected chi connectivity index (χ2v) is 7.42. The second-order valence-electron chi connectivity index (χ2n) is 4.82. The Morgan fingerprint density at radius 3 is 2.90 bits per heavy atom. The van der Waals surface area contributed by atoms with Crippen molar-refractivity contribution < 1.29 is 4.52 Å². The van der Waals surface area contributed by atoms with E-state index in [-0.39, 0.29) is 0 Å². The second kappa shape index (κ2) is 6.81. The Bertz CT molecular complexity index is 587. The van der Waals surface area contributed by atoms with Gasteiger partial charge in [0.05, 0.1) is 5.25 Å². The Balaban J connectivity index is 1.81. The Labute approximate surface area is 132 Å². The fraction of sp³-hybridized carbons (Fsp3) is 0.500. The standard InChI is InChI=1S/C14H18N4OS2/c1-2-11-12(21-6-5-20-11)13-17-14(19-18-13)10-4-3-9(7-15)8-16-10/h3-4,8,11-12H,2,5-7,15H2,1H3. The molecular weight excluding hydrogens is 304 g/mol. The molecule has 3 rings (SSSR count). The van der Waals surface area contributed by atoms with Gasteiger partial charge < -0.3 is 10.3 Å². The Morgan fingerprint density at radius 2 is 2.19 bits per heavy atom. The lowest BCUT2D eigenvalue weighted by Gasteiger charge is -2.27. The van der Waals surface area contributed by atoms with Crippen LogP contribution >= 0.6 is 23.5 Å². The first-order valence-electron chi connectivity index (χ1n) is 7.04. The number of hydrogen-bond acceptors (Lipinski definition) is 7. The lowest BCUT2D eigenvalue weighted by molar-refractivity contribution is 0.420. The monoisotopic (exact) mass is 322 g/mol. The molecular formula is C14H18N4OS2. The van der Waals surface area contributed by atoms with Crippen LogP contribution in [-0.4, -0.2) is 31.9 Å². The van der Waals surface area contributed by atoms with Gasteiger partial charge in [-0.3, -0.25) is 4.98 Å². The summed E-state index contributed by atoms with van der Waals surface area (Å²) < 4.78 is 5.39. The van der Waals surface area contributed by atoms with Gasteiger partial charge in [-0.25, -0.2) is 0 Å². The van der Waals surface area contributed by atoms with E-state index >= 15 is 0 Å². The summed E-state index contributed by atoms with van der Waals surface area (Å²) >= 11 is 3.92. The summed E-state index contributed by atoms with van der Waals surface area (Å²) in [5.41, 5.74) is 7.27. The molecule has 2 aromatic rings. The van der Waals surface area contributed by atoms with Crippen molar-refractivity contribution in [3.8, 4) is 11.6 Å². The molecule has 0 radical (unpaired) electrons. The Kier molecular flexibility index (Phi) is 4.82. The number of aromatic nitrogens is 3. The van der Waals surface area contributed by atoms with Crippen molar-refractivity contribution in [3.63, 3.8) is 0 Å². The number of thioether (sulfide) groups is 2. The van der Waals surface area contributed by atoms with Crippen LogP contribution in [0.4, 0.5) is 0 Å². The zero-order valence-electron chi connectivity index (χ0n) is 11.9. The average Bonchev–Trinajstić information content (AvgIpc) is 3.04. The van der Waals surface area contributed by atoms with E-state index in [9.17, 15) is 0 Å². The fourth-order valence-electron chi connectivity index (χ4n) is 2.27. The molecule has 1 aliphatic rings. The van der Waals surface area contributed by atoms with Crippen LogP contribution in [0.25, 0.3) is 11.6 Å². The van der Waals surface area contributed by atoms with Gasteiger partial charge in [-0.15, -0.1) is 11.8 Å². The molecule has 0 saturated carbocycles. The first kappa shape index (κ1) is 14.9. The van der Waals surface area contributed by atoms with Crippen LogP contribution in [0.3, 0.4) is 0 Å². The number of nitrogens with two attached hydrogens (primary N) is 1. The van der Waals surface area contributed by atoms with Crippen LogP contribution in [-0.2, 0) is 6.54 Å². The van der Waals surface area contributed by atoms with E-state index in [0.29, 0.717) is 28.6 Å². The Hall–Kier alpha value is -1.05. The molecule has 0 spiro atoms. The molecule has 5 nitrogen and oxygen atoms in total. The molecule has 7 heteroatoms. The van der Waals surface area contributed by atoms with E-state index in [1.165, 1.54) is 5.75 Å². The molecule has 2 N–H and O–H groups in total. The SMILES string of the molecule is CCC1SCCSC1c1noc(-c2ccc(CN)cn2)n1. The third-order valence-electron chi connectivity index (χ3n) is 3.43. The van der Waals surface area contributed by atoms with E-state index < -0.39 is 0 Å². The molecule has 1 saturated heterocycles. The van der Waals surface area contributed by atoms with Gasteiger partial charge in [-0.1, -0.05) is 18.1 Å². The maximum absolute atomic E-state index is 5.57. The summed E-state index contributed by atoms with van der Waals surface area (Å²) in [7, 11) is 0. The smallest absolute Gasteiger partial charge is 0.276 e. The number of pyridine rings is 1. The van der Waals surface area contributed by atoms with E-state index in [1.807, 2.05) is 35.7 Å². The largest absolute Gasteiger partial charge is 0.332 e. The highest BCUT2D eigenvalue weighted by Gasteiger charge is 2.30. The van der Waals surface area contributed by atoms with Gasteiger partial charge in [-0.2, -0.15) is 16.7 Å². The molecule has 2 aromatic heterocycles. The first-order valence-corrected chi connectivity index (χ1v) is 9.13. The van der Waals surface area contributed by atoms with Gasteiger partial charge in [-0.05, 0) is 18.1 Å². The quantitative estimate of drug-likeness (QED) is 0.927. The molecule has 1 fully saturated rings. The highest BCUT2D eigenvalue weighted by atomic mass is 32.2. The van der Waals surface area contributed by atoms with E-state index in [1.54, 1.807) is 6.20 Å². The molecule has 0 bridgehead atoms. The topological polar surface area (TPSA) is 77.8 Å². The van der Waals surface area contributed by atoms with Crippen molar-refractivity contribution in [3.05, 3.63) is 29.7 Å². The van der Waals surface area contributed by atoms with Crippen molar-refractivity contribution in [1.82, 2.24) is 15.1 Å². The van der Waals surface area contributed by atoms with Crippen molar-refractivity contribution in [2.75, 3.05) is 11.5 Å². The zero-order valence-corrected chi connectivity index (χ0v) is 13.5. The van der Waals surface area contributed by atoms with Crippen LogP contribution in [0.1, 0.15) is 30.0 Å². The van der Waals surface area contributed by atoms with Crippen LogP contribution in [0.5, 0.6) is 0 Å². The normalized spacial score (nSPS) is 22.4. The molecule has 1 aliphatic heterocycles. The van der Waals surface area contributed by atoms with Gasteiger partial charge in [0, 0.05) is 29.5 Å². The van der Waals surface area contributed by atoms with E-state index in [4.69, 9.17) is 10.3 Å². The lowest BCUT2D eigenvalue weighted by atomic mass is 10.2. The summed E-state index contributed by atoms with van der Waals surface area (Å²) in [5, 5.41) is 5.04. The number of nitrogens with zero attached hydrogens (tertiary/aromatic N) is 3. The number of hydrogen-bond donors (Lipinski definition) is 1. The molecule has 2 atom stereocenters. The molecule has 3 heterocycles. The number of rotatable bonds is 4. The fourth-order valence-corrected chi connectivity index (χ4v) is 5.25. The summed E-state index contributed by atoms with van der Waals surface area (Å²) in [6.07, 6.45) is 2.87. The van der Waals surface area contributed by atoms with Crippen molar-refractivity contribution in [2.24, 2.45) is 5.73 Å². The van der Waals surface area contributed by atoms with Crippen molar-refractivity contribution in [1.29, 1.82) is 0 Å². The maximum atomic E-state index is 5.57. The van der Waals surface area contributed by atoms with Gasteiger partial charge in [0.25, 0.3) is 5.89 Å². The highest BCUT2D eigenvalue weighted by molar-refractivity contribution is 8.06. The maximum Gasteiger partial charge on any atom is 0.276 e. The molecule has 2 unspecified atom stereocenters. The van der Waals surface area contributed by atoms with E-state index in [0.717, 1.165) is 23.6 Å². The zero-order chi connectivity index (χ0) is 14.7. The summed E-state index contributed by atoms with van der Waals surface area (Å²) in [5.74, 6) is 3.62. The predicted octanol–water partition coefficient (Wildman–Crippen LogP) is 2.89. The molecule has 112 valence electrons. The first-order chi connectivity index (χ1) is 10.3. The van der Waals surface area contributed by atoms with Crippen LogP contribution < -0.4 is 5.73 Å². The van der Waals surface area contributed by atoms with E-state index in [2.05, 4.69) is 22.0 Å². The van der Waals surface area contributed by atoms with Crippen LogP contribution in [0.2, 0.25) is 0 Å². The average molecular weight is 322 g/mol. The third kappa shape index (κ3) is 3.25. The minimum atomic E-state index is 0.314. The van der Waals surface area contributed by atoms with Gasteiger partial charge in [0.2, 0.25) is 0 Å². The molecule has 0 aliphatic carbocycles. The minimum absolute atomic E-state index is 0.314. The molecule has 0 amide bonds. The minimum Gasteiger partial charge on any atom is -0.332 e. The molecule has 21 heavy (non-hydrogen) atoms. The molecule has 0 aromatic carbocycles. The van der Waals surface area contributed by atoms with Gasteiger partial charge in [0.1, 0.15) is 5.69 Å². The summed E-state index contributed by atoms with van der Waals surface area (Å²) in [6, 6.07) is 3.81. The Morgan fingerprint density at radius 1 is 1.33 bits per heavy atom. The van der Waals surface area contributed by atoms with Gasteiger partial charge >= 0.3 is 0 Å². The van der Waals surface area contributed by atoms with Crippen LogP contribution in [0, 0.1) is 0 Å². The lowest BCUT2D eigenvalue weighted by Crippen LogP contribution is -2.19. The van der Waals surface area contributed by atoms with Crippen molar-refractivity contribution in [2.45, 2.75) is 30.4 Å². The summed E-state index contributed by atoms with van der Waals surface area (Å²) in [4.78, 5) is 8.88. The van der Waals surface area contributed by atoms with Crippen LogP contribution in [0.15, 0.2) is 22.9 Å². The predicted molar refractivity (Wildman–Crippen MR) is 87.2 cm³/mol. The van der Waals surface area contributed by atoms with Crippen molar-refractivity contribution >= 4 is 23.5 Å². The highest BCUT2D eigenvalue weighted by Crippen LogP contribution is 2.43. The van der Waals surface area contributed by atoms with Gasteiger partial charge in [0.15, 0.2) is 5.82 Å². The summed E-state index contributed by atoms with van der Waals surface area (Å²) in [6.45, 7) is 2.70.